The summed E-state index contributed by atoms with van der Waals surface area (Å²) in [5, 5.41) is 0.201. The van der Waals surface area contributed by atoms with Gasteiger partial charge in [0.05, 0.1) is 5.52 Å². The van der Waals surface area contributed by atoms with Crippen LogP contribution in [0.3, 0.4) is 0 Å². The molecule has 0 amide bonds. The van der Waals surface area contributed by atoms with Crippen molar-refractivity contribution in [3.05, 3.63) is 41.1 Å². The van der Waals surface area contributed by atoms with E-state index in [1.54, 1.807) is 12.1 Å². The van der Waals surface area contributed by atoms with E-state index < -0.39 is 11.6 Å². The van der Waals surface area contributed by atoms with Gasteiger partial charge < -0.3 is 9.40 Å². The van der Waals surface area contributed by atoms with Crippen molar-refractivity contribution in [1.82, 2.24) is 9.97 Å². The number of halogens is 3. The lowest BCUT2D eigenvalue weighted by atomic mass is 10.3. The Kier molecular flexibility index (Phi) is 2.16. The quantitative estimate of drug-likeness (QED) is 0.718. The number of rotatable bonds is 1. The first-order valence-corrected chi connectivity index (χ1v) is 5.12. The van der Waals surface area contributed by atoms with Crippen molar-refractivity contribution in [2.24, 2.45) is 0 Å². The molecule has 0 aliphatic heterocycles. The van der Waals surface area contributed by atoms with Gasteiger partial charge in [0.2, 0.25) is 0 Å². The monoisotopic (exact) mass is 254 g/mol. The van der Waals surface area contributed by atoms with Crippen molar-refractivity contribution >= 4 is 22.6 Å². The number of nitrogens with one attached hydrogen (secondary N) is 1. The second-order valence-electron chi connectivity index (χ2n) is 3.45. The maximum atomic E-state index is 13.4. The van der Waals surface area contributed by atoms with Gasteiger partial charge in [0.25, 0.3) is 0 Å². The van der Waals surface area contributed by atoms with Gasteiger partial charge in [-0.25, -0.2) is 13.8 Å². The van der Waals surface area contributed by atoms with Crippen molar-refractivity contribution in [2.75, 3.05) is 0 Å². The third-order valence-electron chi connectivity index (χ3n) is 2.35. The van der Waals surface area contributed by atoms with E-state index in [4.69, 9.17) is 16.0 Å². The topological polar surface area (TPSA) is 41.8 Å². The van der Waals surface area contributed by atoms with Crippen LogP contribution in [0.5, 0.6) is 0 Å². The first kappa shape index (κ1) is 10.3. The average Bonchev–Trinajstić information content (AvgIpc) is 2.90. The van der Waals surface area contributed by atoms with E-state index in [-0.39, 0.29) is 10.7 Å². The number of furan rings is 1. The third kappa shape index (κ3) is 1.59. The van der Waals surface area contributed by atoms with Gasteiger partial charge >= 0.3 is 0 Å². The van der Waals surface area contributed by atoms with Crippen LogP contribution in [0.15, 0.2) is 28.7 Å². The second kappa shape index (κ2) is 3.56. The molecule has 0 aliphatic carbocycles. The van der Waals surface area contributed by atoms with Crippen molar-refractivity contribution in [1.29, 1.82) is 0 Å². The van der Waals surface area contributed by atoms with Crippen molar-refractivity contribution in [3.63, 3.8) is 0 Å². The molecule has 1 N–H and O–H groups in total. The van der Waals surface area contributed by atoms with Crippen LogP contribution in [0.2, 0.25) is 5.22 Å². The highest BCUT2D eigenvalue weighted by Crippen LogP contribution is 2.26. The largest absolute Gasteiger partial charge is 0.441 e. The molecular formula is C11H5ClF2N2O. The molecule has 0 unspecified atom stereocenters. The Balaban J connectivity index is 2.23. The lowest BCUT2D eigenvalue weighted by Crippen LogP contribution is -1.84. The van der Waals surface area contributed by atoms with Gasteiger partial charge in [-0.15, -0.1) is 0 Å². The lowest BCUT2D eigenvalue weighted by molar-refractivity contribution is 0.515. The molecule has 3 rings (SSSR count). The molecule has 17 heavy (non-hydrogen) atoms. The summed E-state index contributed by atoms with van der Waals surface area (Å²) < 4.78 is 31.5. The molecule has 0 aliphatic rings. The minimum atomic E-state index is -0.984. The first-order valence-electron chi connectivity index (χ1n) is 4.74. The molecule has 2 heterocycles. The molecule has 3 nitrogen and oxygen atoms in total. The average molecular weight is 255 g/mol. The Morgan fingerprint density at radius 3 is 2.71 bits per heavy atom. The van der Waals surface area contributed by atoms with Crippen LogP contribution in [0.4, 0.5) is 8.78 Å². The van der Waals surface area contributed by atoms with Crippen molar-refractivity contribution in [2.45, 2.75) is 0 Å². The highest BCUT2D eigenvalue weighted by atomic mass is 35.5. The Morgan fingerprint density at radius 2 is 2.00 bits per heavy atom. The zero-order chi connectivity index (χ0) is 12.0. The van der Waals surface area contributed by atoms with Gasteiger partial charge in [-0.3, -0.25) is 0 Å². The standard InChI is InChI=1S/C11H5ClF2N2O/c12-8-4-3-7(17-8)11-15-6-2-1-5(13)9(14)10(6)16-11/h1-4H,(H,15,16). The minimum Gasteiger partial charge on any atom is -0.441 e. The SMILES string of the molecule is Fc1ccc2[nH]c(-c3ccc(Cl)o3)nc2c1F. The first-order chi connectivity index (χ1) is 8.15. The van der Waals surface area contributed by atoms with E-state index in [9.17, 15) is 8.78 Å². The van der Waals surface area contributed by atoms with Gasteiger partial charge in [0, 0.05) is 0 Å². The second-order valence-corrected chi connectivity index (χ2v) is 3.82. The number of imidazole rings is 1. The van der Waals surface area contributed by atoms with E-state index in [1.807, 2.05) is 0 Å². The summed E-state index contributed by atoms with van der Waals surface area (Å²) in [7, 11) is 0. The minimum absolute atomic E-state index is 0.0625. The third-order valence-corrected chi connectivity index (χ3v) is 2.56. The van der Waals surface area contributed by atoms with E-state index in [1.165, 1.54) is 6.07 Å². The molecule has 0 bridgehead atoms. The fraction of sp³-hybridized carbons (Fsp3) is 0. The molecule has 86 valence electrons. The van der Waals surface area contributed by atoms with Crippen LogP contribution in [0.25, 0.3) is 22.6 Å². The van der Waals surface area contributed by atoms with E-state index in [2.05, 4.69) is 9.97 Å². The van der Waals surface area contributed by atoms with Gasteiger partial charge in [0.15, 0.2) is 28.4 Å². The molecule has 0 spiro atoms. The molecule has 3 aromatic rings. The van der Waals surface area contributed by atoms with Crippen molar-refractivity contribution in [3.8, 4) is 11.6 Å². The lowest BCUT2D eigenvalue weighted by Gasteiger charge is -1.91. The Bertz CT molecular complexity index is 705. The van der Waals surface area contributed by atoms with Crippen molar-refractivity contribution < 1.29 is 13.2 Å². The Hall–Kier alpha value is -1.88. The van der Waals surface area contributed by atoms with Crippen LogP contribution < -0.4 is 0 Å². The van der Waals surface area contributed by atoms with E-state index in [0.717, 1.165) is 6.07 Å². The molecule has 0 atom stereocenters. The van der Waals surface area contributed by atoms with Crippen LogP contribution in [-0.4, -0.2) is 9.97 Å². The zero-order valence-corrected chi connectivity index (χ0v) is 9.05. The fourth-order valence-corrected chi connectivity index (χ4v) is 1.72. The number of hydrogen-bond acceptors (Lipinski definition) is 2. The maximum absolute atomic E-state index is 13.4. The molecule has 2 aromatic heterocycles. The molecule has 0 saturated carbocycles. The van der Waals surface area contributed by atoms with Crippen LogP contribution in [-0.2, 0) is 0 Å². The number of fused-ring (bicyclic) bond motifs is 1. The summed E-state index contributed by atoms with van der Waals surface area (Å²) in [4.78, 5) is 6.76. The predicted molar refractivity (Wildman–Crippen MR) is 58.7 cm³/mol. The van der Waals surface area contributed by atoms with E-state index in [0.29, 0.717) is 17.1 Å². The molecule has 1 aromatic carbocycles. The van der Waals surface area contributed by atoms with E-state index >= 15 is 0 Å². The Labute approximate surface area is 99.0 Å². The summed E-state index contributed by atoms with van der Waals surface area (Å²) in [5.41, 5.74) is 0.332. The number of aromatic amines is 1. The summed E-state index contributed by atoms with van der Waals surface area (Å²) in [5.74, 6) is -1.25. The summed E-state index contributed by atoms with van der Waals surface area (Å²) >= 11 is 5.62. The van der Waals surface area contributed by atoms with Gasteiger partial charge in [-0.05, 0) is 35.9 Å². The highest BCUT2D eigenvalue weighted by Gasteiger charge is 2.14. The number of H-pyrrole nitrogens is 1. The van der Waals surface area contributed by atoms with Crippen LogP contribution >= 0.6 is 11.6 Å². The summed E-state index contributed by atoms with van der Waals surface area (Å²) in [6.45, 7) is 0. The zero-order valence-electron chi connectivity index (χ0n) is 8.30. The Morgan fingerprint density at radius 1 is 1.18 bits per heavy atom. The normalized spacial score (nSPS) is 11.2. The molecular weight excluding hydrogens is 250 g/mol. The van der Waals surface area contributed by atoms with Crippen LogP contribution in [0.1, 0.15) is 0 Å². The smallest absolute Gasteiger partial charge is 0.194 e. The van der Waals surface area contributed by atoms with Gasteiger partial charge in [-0.1, -0.05) is 0 Å². The number of hydrogen-bond donors (Lipinski definition) is 1. The van der Waals surface area contributed by atoms with Gasteiger partial charge in [0.1, 0.15) is 5.52 Å². The highest BCUT2D eigenvalue weighted by molar-refractivity contribution is 6.28. The molecule has 0 radical (unpaired) electrons. The number of nitrogens with zero attached hydrogens (tertiary/aromatic N) is 1. The molecule has 0 saturated heterocycles. The van der Waals surface area contributed by atoms with Crippen LogP contribution in [0, 0.1) is 11.6 Å². The fourth-order valence-electron chi connectivity index (χ4n) is 1.58. The summed E-state index contributed by atoms with van der Waals surface area (Å²) in [6.07, 6.45) is 0. The predicted octanol–water partition coefficient (Wildman–Crippen LogP) is 3.75. The number of benzene rings is 1. The molecule has 6 heteroatoms. The molecule has 0 fully saturated rings. The summed E-state index contributed by atoms with van der Waals surface area (Å²) in [6, 6.07) is 5.58. The maximum Gasteiger partial charge on any atom is 0.194 e. The van der Waals surface area contributed by atoms with Gasteiger partial charge in [-0.2, -0.15) is 0 Å². The number of aromatic nitrogens is 2.